The van der Waals surface area contributed by atoms with Crippen molar-refractivity contribution < 1.29 is 14.4 Å². The number of phenolic OH excluding ortho intramolecular Hbond substituents is 1. The monoisotopic (exact) mass is 379 g/mol. The third-order valence-corrected chi connectivity index (χ3v) is 5.30. The van der Waals surface area contributed by atoms with E-state index in [0.717, 1.165) is 23.1 Å². The van der Waals surface area contributed by atoms with Crippen molar-refractivity contribution in [2.75, 3.05) is 6.61 Å². The van der Waals surface area contributed by atoms with Gasteiger partial charge in [-0.3, -0.25) is 0 Å². The summed E-state index contributed by atoms with van der Waals surface area (Å²) in [7, 11) is 0. The topological polar surface area (TPSA) is 81.3 Å². The van der Waals surface area contributed by atoms with Crippen LogP contribution in [-0.2, 0) is 12.8 Å². The van der Waals surface area contributed by atoms with Crippen LogP contribution in [0.25, 0.3) is 11.4 Å². The molecule has 1 N–H and O–H groups in total. The van der Waals surface area contributed by atoms with Gasteiger partial charge in [0.15, 0.2) is 0 Å². The second-order valence-corrected chi connectivity index (χ2v) is 7.45. The first-order valence-electron chi connectivity index (χ1n) is 9.88. The Hall–Kier alpha value is -2.89. The zero-order valence-electron chi connectivity index (χ0n) is 16.1. The number of hydrogen-bond donors (Lipinski definition) is 1. The summed E-state index contributed by atoms with van der Waals surface area (Å²) in [6.45, 7) is 2.58. The van der Waals surface area contributed by atoms with Gasteiger partial charge in [-0.25, -0.2) is 4.98 Å². The highest BCUT2D eigenvalue weighted by atomic mass is 16.5. The number of aromatic nitrogens is 3. The van der Waals surface area contributed by atoms with E-state index in [-0.39, 0.29) is 0 Å². The minimum atomic E-state index is 0.311. The van der Waals surface area contributed by atoms with Crippen LogP contribution in [0.2, 0.25) is 0 Å². The van der Waals surface area contributed by atoms with Gasteiger partial charge in [-0.05, 0) is 61.4 Å². The Kier molecular flexibility index (Phi) is 5.55. The van der Waals surface area contributed by atoms with Gasteiger partial charge in [0.2, 0.25) is 17.6 Å². The summed E-state index contributed by atoms with van der Waals surface area (Å²) in [5, 5.41) is 13.8. The first-order chi connectivity index (χ1) is 13.7. The lowest BCUT2D eigenvalue weighted by Crippen LogP contribution is -2.09. The standard InChI is InChI=1S/C22H25N3O3/c1-15-13-16(8-10-19(15)26)9-11-20-24-21(25-28-20)18-7-4-12-23-22(18)27-14-17-5-2-3-6-17/h4,7-8,10,12-13,17,26H,2-3,5-6,9,11,14H2,1H3. The fourth-order valence-corrected chi connectivity index (χ4v) is 3.64. The van der Waals surface area contributed by atoms with Crippen LogP contribution < -0.4 is 4.74 Å². The molecule has 146 valence electrons. The smallest absolute Gasteiger partial charge is 0.227 e. The predicted octanol–water partition coefficient (Wildman–Crippen LogP) is 4.50. The molecule has 3 aromatic rings. The number of aromatic hydroxyl groups is 1. The number of aryl methyl sites for hydroxylation is 3. The molecule has 0 aliphatic heterocycles. The summed E-state index contributed by atoms with van der Waals surface area (Å²) in [5.74, 6) is 2.57. The molecular weight excluding hydrogens is 354 g/mol. The summed E-state index contributed by atoms with van der Waals surface area (Å²) >= 11 is 0. The summed E-state index contributed by atoms with van der Waals surface area (Å²) in [5.41, 5.74) is 2.75. The Morgan fingerprint density at radius 3 is 2.86 bits per heavy atom. The van der Waals surface area contributed by atoms with Crippen LogP contribution >= 0.6 is 0 Å². The molecule has 4 rings (SSSR count). The molecule has 2 aromatic heterocycles. The lowest BCUT2D eigenvalue weighted by molar-refractivity contribution is 0.244. The van der Waals surface area contributed by atoms with E-state index in [4.69, 9.17) is 9.26 Å². The zero-order chi connectivity index (χ0) is 19.3. The van der Waals surface area contributed by atoms with E-state index in [2.05, 4.69) is 15.1 Å². The van der Waals surface area contributed by atoms with Crippen LogP contribution in [-0.4, -0.2) is 26.8 Å². The molecule has 1 saturated carbocycles. The SMILES string of the molecule is Cc1cc(CCc2nc(-c3cccnc3OCC3CCCC3)no2)ccc1O. The maximum Gasteiger partial charge on any atom is 0.227 e. The highest BCUT2D eigenvalue weighted by Gasteiger charge is 2.19. The first-order valence-corrected chi connectivity index (χ1v) is 9.88. The van der Waals surface area contributed by atoms with Crippen molar-refractivity contribution in [3.63, 3.8) is 0 Å². The van der Waals surface area contributed by atoms with Gasteiger partial charge >= 0.3 is 0 Å². The Morgan fingerprint density at radius 1 is 1.18 bits per heavy atom. The minimum Gasteiger partial charge on any atom is -0.508 e. The molecule has 2 heterocycles. The van der Waals surface area contributed by atoms with E-state index < -0.39 is 0 Å². The van der Waals surface area contributed by atoms with E-state index in [1.54, 1.807) is 12.3 Å². The lowest BCUT2D eigenvalue weighted by atomic mass is 10.1. The summed E-state index contributed by atoms with van der Waals surface area (Å²) in [4.78, 5) is 8.90. The van der Waals surface area contributed by atoms with E-state index in [0.29, 0.717) is 42.3 Å². The van der Waals surface area contributed by atoms with Crippen molar-refractivity contribution in [3.05, 3.63) is 53.5 Å². The number of rotatable bonds is 7. The highest BCUT2D eigenvalue weighted by molar-refractivity contribution is 5.60. The molecule has 0 amide bonds. The highest BCUT2D eigenvalue weighted by Crippen LogP contribution is 2.29. The van der Waals surface area contributed by atoms with Gasteiger partial charge < -0.3 is 14.4 Å². The average Bonchev–Trinajstić information content (AvgIpc) is 3.39. The molecular formula is C22H25N3O3. The molecule has 0 atom stereocenters. The minimum absolute atomic E-state index is 0.311. The molecule has 0 radical (unpaired) electrons. The van der Waals surface area contributed by atoms with E-state index >= 15 is 0 Å². The van der Waals surface area contributed by atoms with Crippen LogP contribution in [0.5, 0.6) is 11.6 Å². The van der Waals surface area contributed by atoms with E-state index in [1.807, 2.05) is 31.2 Å². The quantitative estimate of drug-likeness (QED) is 0.651. The van der Waals surface area contributed by atoms with Gasteiger partial charge in [0.25, 0.3) is 0 Å². The van der Waals surface area contributed by atoms with Gasteiger partial charge in [-0.1, -0.05) is 30.1 Å². The largest absolute Gasteiger partial charge is 0.508 e. The van der Waals surface area contributed by atoms with Gasteiger partial charge in [0, 0.05) is 12.6 Å². The molecule has 28 heavy (non-hydrogen) atoms. The van der Waals surface area contributed by atoms with Gasteiger partial charge in [-0.15, -0.1) is 0 Å². The van der Waals surface area contributed by atoms with Crippen LogP contribution in [0.15, 0.2) is 41.1 Å². The molecule has 0 bridgehead atoms. The Morgan fingerprint density at radius 2 is 2.04 bits per heavy atom. The number of nitrogens with zero attached hydrogens (tertiary/aromatic N) is 3. The second-order valence-electron chi connectivity index (χ2n) is 7.45. The number of ether oxygens (including phenoxy) is 1. The average molecular weight is 379 g/mol. The summed E-state index contributed by atoms with van der Waals surface area (Å²) < 4.78 is 11.4. The van der Waals surface area contributed by atoms with Crippen molar-refractivity contribution in [2.24, 2.45) is 5.92 Å². The van der Waals surface area contributed by atoms with Crippen molar-refractivity contribution in [2.45, 2.75) is 45.4 Å². The number of benzene rings is 1. The first kappa shape index (κ1) is 18.5. The summed E-state index contributed by atoms with van der Waals surface area (Å²) in [6, 6.07) is 9.37. The third kappa shape index (κ3) is 4.32. The lowest BCUT2D eigenvalue weighted by Gasteiger charge is -2.12. The van der Waals surface area contributed by atoms with Crippen LogP contribution in [0.1, 0.15) is 42.7 Å². The van der Waals surface area contributed by atoms with Gasteiger partial charge in [0.1, 0.15) is 5.75 Å². The molecule has 6 heteroatoms. The maximum absolute atomic E-state index is 9.64. The Balaban J connectivity index is 1.42. The van der Waals surface area contributed by atoms with Crippen molar-refractivity contribution in [1.82, 2.24) is 15.1 Å². The fraction of sp³-hybridized carbons (Fsp3) is 0.409. The van der Waals surface area contributed by atoms with Crippen molar-refractivity contribution in [3.8, 4) is 23.0 Å². The molecule has 1 aliphatic carbocycles. The van der Waals surface area contributed by atoms with Gasteiger partial charge in [0.05, 0.1) is 12.2 Å². The Labute approximate surface area is 164 Å². The molecule has 0 saturated heterocycles. The second kappa shape index (κ2) is 8.42. The molecule has 1 aliphatic rings. The van der Waals surface area contributed by atoms with E-state index in [9.17, 15) is 5.11 Å². The van der Waals surface area contributed by atoms with E-state index in [1.165, 1.54) is 25.7 Å². The molecule has 0 unspecified atom stereocenters. The fourth-order valence-electron chi connectivity index (χ4n) is 3.64. The van der Waals surface area contributed by atoms with Crippen molar-refractivity contribution >= 4 is 0 Å². The van der Waals surface area contributed by atoms with Gasteiger partial charge in [-0.2, -0.15) is 4.98 Å². The van der Waals surface area contributed by atoms with Crippen LogP contribution in [0.3, 0.4) is 0 Å². The number of hydrogen-bond acceptors (Lipinski definition) is 6. The van der Waals surface area contributed by atoms with Crippen LogP contribution in [0.4, 0.5) is 0 Å². The van der Waals surface area contributed by atoms with Crippen LogP contribution in [0, 0.1) is 12.8 Å². The number of pyridine rings is 1. The Bertz CT molecular complexity index is 932. The molecule has 6 nitrogen and oxygen atoms in total. The predicted molar refractivity (Wildman–Crippen MR) is 105 cm³/mol. The molecule has 1 aromatic carbocycles. The normalized spacial score (nSPS) is 14.5. The third-order valence-electron chi connectivity index (χ3n) is 5.30. The summed E-state index contributed by atoms with van der Waals surface area (Å²) in [6.07, 6.45) is 8.16. The van der Waals surface area contributed by atoms with Crippen molar-refractivity contribution in [1.29, 1.82) is 0 Å². The molecule has 0 spiro atoms. The number of phenols is 1. The maximum atomic E-state index is 9.64. The molecule has 1 fully saturated rings. The zero-order valence-corrected chi connectivity index (χ0v) is 16.1.